The zero-order valence-corrected chi connectivity index (χ0v) is 19.5. The van der Waals surface area contributed by atoms with Crippen molar-refractivity contribution in [2.75, 3.05) is 64.3 Å². The summed E-state index contributed by atoms with van der Waals surface area (Å²) in [5, 5.41) is 6.92. The van der Waals surface area contributed by atoms with Crippen molar-refractivity contribution in [3.05, 3.63) is 30.3 Å². The number of rotatable bonds is 8. The zero-order chi connectivity index (χ0) is 22.1. The number of carbonyl (C=O) groups is 1. The van der Waals surface area contributed by atoms with Gasteiger partial charge in [-0.1, -0.05) is 32.0 Å². The van der Waals surface area contributed by atoms with Crippen LogP contribution in [0.25, 0.3) is 0 Å². The van der Waals surface area contributed by atoms with Gasteiger partial charge in [0, 0.05) is 70.5 Å². The van der Waals surface area contributed by atoms with Crippen LogP contribution in [-0.2, 0) is 4.79 Å². The van der Waals surface area contributed by atoms with Crippen molar-refractivity contribution in [3.63, 3.8) is 0 Å². The molecular weight excluding hydrogens is 388 g/mol. The molecule has 172 valence electrons. The van der Waals surface area contributed by atoms with Gasteiger partial charge in [-0.3, -0.25) is 14.7 Å². The highest BCUT2D eigenvalue weighted by Crippen LogP contribution is 2.16. The van der Waals surface area contributed by atoms with Gasteiger partial charge in [0.1, 0.15) is 0 Å². The first-order valence-corrected chi connectivity index (χ1v) is 11.8. The molecule has 2 aliphatic rings. The number of aliphatic imine (C=N–C) groups is 1. The van der Waals surface area contributed by atoms with E-state index in [0.29, 0.717) is 0 Å². The standard InChI is InChI=1S/C24H40N6O/c1-20(2)23(31)30-14-11-21(19-30)27-24(25-3)26-12-7-8-13-28-15-17-29(18-16-28)22-9-5-4-6-10-22/h4-6,9-10,20-21H,7-8,11-19H2,1-3H3,(H2,25,26,27). The Morgan fingerprint density at radius 1 is 1.10 bits per heavy atom. The quantitative estimate of drug-likeness (QED) is 0.377. The summed E-state index contributed by atoms with van der Waals surface area (Å²) in [6.45, 7) is 12.1. The van der Waals surface area contributed by atoms with Gasteiger partial charge in [0.05, 0.1) is 0 Å². The molecule has 2 aliphatic heterocycles. The van der Waals surface area contributed by atoms with Crippen molar-refractivity contribution in [1.82, 2.24) is 20.4 Å². The summed E-state index contributed by atoms with van der Waals surface area (Å²) in [6, 6.07) is 11.0. The first-order chi connectivity index (χ1) is 15.1. The maximum absolute atomic E-state index is 12.2. The van der Waals surface area contributed by atoms with Crippen molar-refractivity contribution in [2.45, 2.75) is 39.2 Å². The predicted molar refractivity (Wildman–Crippen MR) is 129 cm³/mol. The third kappa shape index (κ3) is 7.13. The number of likely N-dealkylation sites (tertiary alicyclic amines) is 1. The fraction of sp³-hybridized carbons (Fsp3) is 0.667. The lowest BCUT2D eigenvalue weighted by molar-refractivity contribution is -0.133. The number of anilines is 1. The van der Waals surface area contributed by atoms with E-state index in [1.807, 2.05) is 25.8 Å². The van der Waals surface area contributed by atoms with Gasteiger partial charge in [0.2, 0.25) is 5.91 Å². The van der Waals surface area contributed by atoms with Gasteiger partial charge in [-0.25, -0.2) is 0 Å². The molecule has 0 spiro atoms. The predicted octanol–water partition coefficient (Wildman–Crippen LogP) is 2.01. The number of guanidine groups is 1. The summed E-state index contributed by atoms with van der Waals surface area (Å²) in [6.07, 6.45) is 3.30. The second kappa shape index (κ2) is 11.9. The van der Waals surface area contributed by atoms with E-state index in [0.717, 1.165) is 71.2 Å². The first-order valence-electron chi connectivity index (χ1n) is 11.8. The Morgan fingerprint density at radius 2 is 1.84 bits per heavy atom. The highest BCUT2D eigenvalue weighted by Gasteiger charge is 2.27. The average molecular weight is 429 g/mol. The minimum Gasteiger partial charge on any atom is -0.369 e. The topological polar surface area (TPSA) is 63.2 Å². The molecule has 0 radical (unpaired) electrons. The third-order valence-corrected chi connectivity index (χ3v) is 6.25. The largest absolute Gasteiger partial charge is 0.369 e. The van der Waals surface area contributed by atoms with Crippen molar-refractivity contribution in [2.24, 2.45) is 10.9 Å². The molecule has 2 fully saturated rings. The normalized spacial score (nSPS) is 20.4. The third-order valence-electron chi connectivity index (χ3n) is 6.25. The molecule has 3 rings (SSSR count). The van der Waals surface area contributed by atoms with Crippen molar-refractivity contribution < 1.29 is 4.79 Å². The molecule has 0 saturated carbocycles. The fourth-order valence-corrected chi connectivity index (χ4v) is 4.37. The molecule has 1 unspecified atom stereocenters. The van der Waals surface area contributed by atoms with Crippen LogP contribution in [0.4, 0.5) is 5.69 Å². The molecule has 0 bridgehead atoms. The Labute approximate surface area is 187 Å². The van der Waals surface area contributed by atoms with Crippen molar-refractivity contribution >= 4 is 17.6 Å². The number of nitrogens with one attached hydrogen (secondary N) is 2. The van der Waals surface area contributed by atoms with Crippen LogP contribution >= 0.6 is 0 Å². The molecule has 1 aromatic rings. The second-order valence-corrected chi connectivity index (χ2v) is 8.94. The summed E-state index contributed by atoms with van der Waals surface area (Å²) in [4.78, 5) is 23.5. The van der Waals surface area contributed by atoms with Crippen LogP contribution in [-0.4, -0.2) is 87.1 Å². The van der Waals surface area contributed by atoms with Gasteiger partial charge in [-0.15, -0.1) is 0 Å². The molecule has 7 nitrogen and oxygen atoms in total. The smallest absolute Gasteiger partial charge is 0.225 e. The van der Waals surface area contributed by atoms with Crippen LogP contribution in [0.15, 0.2) is 35.3 Å². The molecule has 1 aromatic carbocycles. The van der Waals surface area contributed by atoms with Gasteiger partial charge in [0.25, 0.3) is 0 Å². The van der Waals surface area contributed by atoms with Gasteiger partial charge in [0.15, 0.2) is 5.96 Å². The Kier molecular flexibility index (Phi) is 9.00. The molecule has 1 amide bonds. The summed E-state index contributed by atoms with van der Waals surface area (Å²) in [5.74, 6) is 1.16. The van der Waals surface area contributed by atoms with E-state index in [1.165, 1.54) is 12.1 Å². The number of hydrogen-bond donors (Lipinski definition) is 2. The Bertz CT molecular complexity index is 699. The van der Waals surface area contributed by atoms with Crippen LogP contribution < -0.4 is 15.5 Å². The number of hydrogen-bond acceptors (Lipinski definition) is 4. The number of unbranched alkanes of at least 4 members (excludes halogenated alkanes) is 1. The number of amides is 1. The summed E-state index contributed by atoms with van der Waals surface area (Å²) < 4.78 is 0. The molecule has 1 atom stereocenters. The number of para-hydroxylation sites is 1. The van der Waals surface area contributed by atoms with Gasteiger partial charge in [-0.2, -0.15) is 0 Å². The SMILES string of the molecule is CN=C(NCCCCN1CCN(c2ccccc2)CC1)NC1CCN(C(=O)C(C)C)C1. The Balaban J connectivity index is 1.26. The van der Waals surface area contributed by atoms with E-state index in [9.17, 15) is 4.79 Å². The summed E-state index contributed by atoms with van der Waals surface area (Å²) in [5.41, 5.74) is 1.34. The average Bonchev–Trinajstić information content (AvgIpc) is 3.27. The molecule has 7 heteroatoms. The van der Waals surface area contributed by atoms with Crippen molar-refractivity contribution in [3.8, 4) is 0 Å². The second-order valence-electron chi connectivity index (χ2n) is 8.94. The lowest BCUT2D eigenvalue weighted by Gasteiger charge is -2.36. The van der Waals surface area contributed by atoms with Crippen molar-refractivity contribution in [1.29, 1.82) is 0 Å². The minimum absolute atomic E-state index is 0.0671. The molecule has 2 saturated heterocycles. The van der Waals surface area contributed by atoms with Crippen LogP contribution in [0.2, 0.25) is 0 Å². The molecule has 2 N–H and O–H groups in total. The minimum atomic E-state index is 0.0671. The van der Waals surface area contributed by atoms with E-state index >= 15 is 0 Å². The Hall–Kier alpha value is -2.28. The van der Waals surface area contributed by atoms with E-state index in [-0.39, 0.29) is 17.9 Å². The highest BCUT2D eigenvalue weighted by atomic mass is 16.2. The summed E-state index contributed by atoms with van der Waals surface area (Å²) >= 11 is 0. The van der Waals surface area contributed by atoms with E-state index in [4.69, 9.17) is 0 Å². The fourth-order valence-electron chi connectivity index (χ4n) is 4.37. The van der Waals surface area contributed by atoms with Crippen LogP contribution in [0.3, 0.4) is 0 Å². The molecule has 31 heavy (non-hydrogen) atoms. The van der Waals surface area contributed by atoms with E-state index in [1.54, 1.807) is 0 Å². The number of nitrogens with zero attached hydrogens (tertiary/aromatic N) is 4. The van der Waals surface area contributed by atoms with Crippen LogP contribution in [0.1, 0.15) is 33.1 Å². The lowest BCUT2D eigenvalue weighted by atomic mass is 10.2. The van der Waals surface area contributed by atoms with E-state index < -0.39 is 0 Å². The number of benzene rings is 1. The number of piperazine rings is 1. The summed E-state index contributed by atoms with van der Waals surface area (Å²) in [7, 11) is 1.81. The maximum Gasteiger partial charge on any atom is 0.225 e. The molecule has 2 heterocycles. The molecule has 0 aromatic heterocycles. The van der Waals surface area contributed by atoms with Gasteiger partial charge >= 0.3 is 0 Å². The monoisotopic (exact) mass is 428 g/mol. The first kappa shape index (κ1) is 23.4. The number of carbonyl (C=O) groups excluding carboxylic acids is 1. The maximum atomic E-state index is 12.2. The van der Waals surface area contributed by atoms with Crippen LogP contribution in [0, 0.1) is 5.92 Å². The zero-order valence-electron chi connectivity index (χ0n) is 19.5. The van der Waals surface area contributed by atoms with Gasteiger partial charge in [-0.05, 0) is 37.9 Å². The lowest BCUT2D eigenvalue weighted by Crippen LogP contribution is -2.47. The van der Waals surface area contributed by atoms with E-state index in [2.05, 4.69) is 55.8 Å². The van der Waals surface area contributed by atoms with Crippen LogP contribution in [0.5, 0.6) is 0 Å². The Morgan fingerprint density at radius 3 is 2.52 bits per heavy atom. The molecular formula is C24H40N6O. The molecule has 0 aliphatic carbocycles. The van der Waals surface area contributed by atoms with Gasteiger partial charge < -0.3 is 20.4 Å². The highest BCUT2D eigenvalue weighted by molar-refractivity contribution is 5.81.